The quantitative estimate of drug-likeness (QED) is 0.256. The highest BCUT2D eigenvalue weighted by atomic mass is 32.2. The molecule has 1 aromatic carbocycles. The summed E-state index contributed by atoms with van der Waals surface area (Å²) in [6, 6.07) is 7.29. The lowest BCUT2D eigenvalue weighted by molar-refractivity contribution is -0.384. The van der Waals surface area contributed by atoms with E-state index in [2.05, 4.69) is 15.3 Å². The third-order valence-corrected chi connectivity index (χ3v) is 3.81. The number of hydrogen-bond donors (Lipinski definition) is 1. The second kappa shape index (κ2) is 8.90. The molecule has 2 aromatic rings. The average Bonchev–Trinajstić information content (AvgIpc) is 2.57. The Labute approximate surface area is 153 Å². The van der Waals surface area contributed by atoms with Gasteiger partial charge in [-0.25, -0.2) is 9.97 Å². The molecule has 1 amide bonds. The zero-order chi connectivity index (χ0) is 19.1. The summed E-state index contributed by atoms with van der Waals surface area (Å²) in [6.45, 7) is 3.17. The molecule has 1 aromatic heterocycles. The van der Waals surface area contributed by atoms with Gasteiger partial charge in [-0.05, 0) is 26.0 Å². The Bertz CT molecular complexity index is 823. The number of nitro groups is 1. The van der Waals surface area contributed by atoms with Gasteiger partial charge in [0.15, 0.2) is 11.8 Å². The predicted molar refractivity (Wildman–Crippen MR) is 94.9 cm³/mol. The van der Waals surface area contributed by atoms with Gasteiger partial charge in [0.05, 0.1) is 10.7 Å². The molecular weight excluding hydrogens is 360 g/mol. The molecule has 2 rings (SSSR count). The number of amides is 1. The van der Waals surface area contributed by atoms with Crippen LogP contribution in [0.25, 0.3) is 0 Å². The molecule has 0 radical (unpaired) electrons. The number of anilines is 1. The lowest BCUT2D eigenvalue weighted by Crippen LogP contribution is -2.21. The second-order valence-electron chi connectivity index (χ2n) is 5.24. The van der Waals surface area contributed by atoms with E-state index in [1.807, 2.05) is 19.9 Å². The molecule has 0 saturated heterocycles. The number of benzene rings is 1. The summed E-state index contributed by atoms with van der Waals surface area (Å²) < 4.78 is 4.87. The van der Waals surface area contributed by atoms with Crippen molar-refractivity contribution >= 4 is 35.0 Å². The van der Waals surface area contributed by atoms with Gasteiger partial charge in [0.1, 0.15) is 0 Å². The maximum Gasteiger partial charge on any atom is 0.316 e. The van der Waals surface area contributed by atoms with Gasteiger partial charge in [0.2, 0.25) is 0 Å². The molecule has 10 heteroatoms. The van der Waals surface area contributed by atoms with E-state index in [0.717, 1.165) is 23.1 Å². The molecule has 0 fully saturated rings. The number of ether oxygens (including phenoxy) is 1. The standard InChI is InChI=1S/C16H16N4O5S/c1-10-6-11(2)18-16(17-10)26-9-15(22)25-8-14(21)19-12-4-3-5-13(7-12)20(23)24/h3-7H,8-9H2,1-2H3,(H,19,21). The number of carbonyl (C=O) groups excluding carboxylic acids is 2. The summed E-state index contributed by atoms with van der Waals surface area (Å²) in [6.07, 6.45) is 0. The van der Waals surface area contributed by atoms with Crippen LogP contribution in [0.5, 0.6) is 0 Å². The van der Waals surface area contributed by atoms with E-state index < -0.39 is 23.4 Å². The van der Waals surface area contributed by atoms with Crippen LogP contribution < -0.4 is 5.32 Å². The van der Waals surface area contributed by atoms with E-state index in [1.165, 1.54) is 24.3 Å². The number of rotatable bonds is 7. The number of aromatic nitrogens is 2. The van der Waals surface area contributed by atoms with Crippen molar-refractivity contribution in [3.8, 4) is 0 Å². The molecule has 0 unspecified atom stereocenters. The molecule has 1 heterocycles. The van der Waals surface area contributed by atoms with Crippen molar-refractivity contribution in [2.24, 2.45) is 0 Å². The first-order valence-corrected chi connectivity index (χ1v) is 8.47. The summed E-state index contributed by atoms with van der Waals surface area (Å²) >= 11 is 1.11. The zero-order valence-corrected chi connectivity index (χ0v) is 14.9. The minimum atomic E-state index is -0.591. The summed E-state index contributed by atoms with van der Waals surface area (Å²) in [5.41, 5.74) is 1.69. The van der Waals surface area contributed by atoms with Gasteiger partial charge >= 0.3 is 5.97 Å². The fourth-order valence-electron chi connectivity index (χ4n) is 1.96. The van der Waals surface area contributed by atoms with E-state index in [9.17, 15) is 19.7 Å². The van der Waals surface area contributed by atoms with Crippen LogP contribution in [-0.4, -0.2) is 39.1 Å². The van der Waals surface area contributed by atoms with Crippen LogP contribution in [0.2, 0.25) is 0 Å². The summed E-state index contributed by atoms with van der Waals surface area (Å²) in [5, 5.41) is 13.6. The molecule has 0 aliphatic rings. The van der Waals surface area contributed by atoms with Gasteiger partial charge in [-0.2, -0.15) is 0 Å². The average molecular weight is 376 g/mol. The maximum absolute atomic E-state index is 11.8. The second-order valence-corrected chi connectivity index (χ2v) is 6.18. The molecule has 0 bridgehead atoms. The van der Waals surface area contributed by atoms with Crippen LogP contribution in [0, 0.1) is 24.0 Å². The van der Waals surface area contributed by atoms with Crippen LogP contribution in [-0.2, 0) is 14.3 Å². The van der Waals surface area contributed by atoms with Gasteiger partial charge in [-0.1, -0.05) is 17.8 Å². The lowest BCUT2D eigenvalue weighted by Gasteiger charge is -2.06. The highest BCUT2D eigenvalue weighted by Crippen LogP contribution is 2.17. The Morgan fingerprint density at radius 3 is 2.58 bits per heavy atom. The highest BCUT2D eigenvalue weighted by molar-refractivity contribution is 7.99. The predicted octanol–water partition coefficient (Wildman–Crippen LogP) is 2.28. The number of aryl methyl sites for hydroxylation is 2. The van der Waals surface area contributed by atoms with Crippen LogP contribution in [0.4, 0.5) is 11.4 Å². The first kappa shape index (κ1) is 19.3. The molecule has 1 N–H and O–H groups in total. The fourth-order valence-corrected chi connectivity index (χ4v) is 2.71. The number of nitrogens with zero attached hydrogens (tertiary/aromatic N) is 3. The van der Waals surface area contributed by atoms with Crippen LogP contribution >= 0.6 is 11.8 Å². The minimum Gasteiger partial charge on any atom is -0.455 e. The Hall–Kier alpha value is -3.01. The Kier molecular flexibility index (Phi) is 6.61. The van der Waals surface area contributed by atoms with Gasteiger partial charge in [0.25, 0.3) is 11.6 Å². The molecule has 0 aliphatic carbocycles. The molecule has 26 heavy (non-hydrogen) atoms. The molecule has 0 aliphatic heterocycles. The fraction of sp³-hybridized carbons (Fsp3) is 0.250. The van der Waals surface area contributed by atoms with E-state index in [1.54, 1.807) is 0 Å². The van der Waals surface area contributed by atoms with E-state index in [4.69, 9.17) is 4.74 Å². The van der Waals surface area contributed by atoms with Crippen molar-refractivity contribution in [1.82, 2.24) is 9.97 Å². The smallest absolute Gasteiger partial charge is 0.316 e. The normalized spacial score (nSPS) is 10.2. The van der Waals surface area contributed by atoms with Crippen molar-refractivity contribution < 1.29 is 19.2 Å². The number of non-ortho nitro benzene ring substituents is 1. The maximum atomic E-state index is 11.8. The van der Waals surface area contributed by atoms with Crippen molar-refractivity contribution in [1.29, 1.82) is 0 Å². The molecule has 136 valence electrons. The van der Waals surface area contributed by atoms with Gasteiger partial charge in [-0.3, -0.25) is 19.7 Å². The Morgan fingerprint density at radius 2 is 1.92 bits per heavy atom. The summed E-state index contributed by atoms with van der Waals surface area (Å²) in [4.78, 5) is 42.0. The number of thioether (sulfide) groups is 1. The molecule has 0 saturated carbocycles. The van der Waals surface area contributed by atoms with Crippen LogP contribution in [0.1, 0.15) is 11.4 Å². The number of nitrogens with one attached hydrogen (secondary N) is 1. The van der Waals surface area contributed by atoms with Crippen LogP contribution in [0.3, 0.4) is 0 Å². The van der Waals surface area contributed by atoms with Gasteiger partial charge in [-0.15, -0.1) is 0 Å². The number of esters is 1. The zero-order valence-electron chi connectivity index (χ0n) is 14.1. The Balaban J connectivity index is 1.78. The summed E-state index contributed by atoms with van der Waals surface area (Å²) in [5.74, 6) is -1.22. The molecule has 0 atom stereocenters. The number of nitro benzene ring substituents is 1. The van der Waals surface area contributed by atoms with Gasteiger partial charge in [0, 0.05) is 29.2 Å². The van der Waals surface area contributed by atoms with E-state index in [-0.39, 0.29) is 17.1 Å². The first-order valence-electron chi connectivity index (χ1n) is 7.48. The Morgan fingerprint density at radius 1 is 1.23 bits per heavy atom. The van der Waals surface area contributed by atoms with Crippen molar-refractivity contribution in [3.63, 3.8) is 0 Å². The minimum absolute atomic E-state index is 0.0347. The van der Waals surface area contributed by atoms with Crippen molar-refractivity contribution in [2.75, 3.05) is 17.7 Å². The largest absolute Gasteiger partial charge is 0.455 e. The first-order chi connectivity index (χ1) is 12.3. The SMILES string of the molecule is Cc1cc(C)nc(SCC(=O)OCC(=O)Nc2cccc([N+](=O)[O-])c2)n1. The topological polar surface area (TPSA) is 124 Å². The monoisotopic (exact) mass is 376 g/mol. The lowest BCUT2D eigenvalue weighted by atomic mass is 10.3. The van der Waals surface area contributed by atoms with Crippen LogP contribution in [0.15, 0.2) is 35.5 Å². The third kappa shape index (κ3) is 6.13. The highest BCUT2D eigenvalue weighted by Gasteiger charge is 2.12. The van der Waals surface area contributed by atoms with Crippen molar-refractivity contribution in [3.05, 3.63) is 51.8 Å². The number of hydrogen-bond acceptors (Lipinski definition) is 8. The third-order valence-electron chi connectivity index (χ3n) is 2.99. The van der Waals surface area contributed by atoms with E-state index >= 15 is 0 Å². The molecule has 0 spiro atoms. The molecule has 9 nitrogen and oxygen atoms in total. The van der Waals surface area contributed by atoms with Crippen molar-refractivity contribution in [2.45, 2.75) is 19.0 Å². The summed E-state index contributed by atoms with van der Waals surface area (Å²) in [7, 11) is 0. The van der Waals surface area contributed by atoms with Gasteiger partial charge < -0.3 is 10.1 Å². The number of carbonyl (C=O) groups is 2. The molecular formula is C16H16N4O5S. The van der Waals surface area contributed by atoms with E-state index in [0.29, 0.717) is 5.16 Å².